The molecule has 1 atom stereocenters. The van der Waals surface area contributed by atoms with Crippen molar-refractivity contribution in [1.29, 1.82) is 0 Å². The first-order valence-electron chi connectivity index (χ1n) is 9.42. The molecule has 0 saturated heterocycles. The van der Waals surface area contributed by atoms with Gasteiger partial charge < -0.3 is 0 Å². The molecule has 0 bridgehead atoms. The largest absolute Gasteiger partial charge is 2.00 e. The summed E-state index contributed by atoms with van der Waals surface area (Å²) in [6.07, 6.45) is 23.9. The van der Waals surface area contributed by atoms with Crippen LogP contribution < -0.4 is 0 Å². The second kappa shape index (κ2) is 16.3. The van der Waals surface area contributed by atoms with Crippen LogP contribution >= 0.6 is 0 Å². The quantitative estimate of drug-likeness (QED) is 0.333. The van der Waals surface area contributed by atoms with E-state index in [4.69, 9.17) is 0 Å². The Morgan fingerprint density at radius 1 is 0.963 bits per heavy atom. The second-order valence-electron chi connectivity index (χ2n) is 7.13. The van der Waals surface area contributed by atoms with Gasteiger partial charge in [0.05, 0.1) is 0 Å². The molecular weight excluding hydrogens is 437 g/mol. The Kier molecular flexibility index (Phi) is 16.6. The number of rotatable bonds is 8. The first-order valence-corrected chi connectivity index (χ1v) is 11.5. The van der Waals surface area contributed by atoms with Crippen molar-refractivity contribution in [3.63, 3.8) is 0 Å². The van der Waals surface area contributed by atoms with Gasteiger partial charge in [0.25, 0.3) is 0 Å². The molecule has 0 heterocycles. The van der Waals surface area contributed by atoms with Crippen molar-refractivity contribution < 1.29 is 17.1 Å². The molecule has 2 rings (SSSR count). The minimum absolute atomic E-state index is 0. The number of hydrogen-bond donors (Lipinski definition) is 0. The molecule has 0 amide bonds. The van der Waals surface area contributed by atoms with Crippen molar-refractivity contribution in [2.45, 2.75) is 51.9 Å². The van der Waals surface area contributed by atoms with Crippen molar-refractivity contribution in [2.24, 2.45) is 0 Å². The van der Waals surface area contributed by atoms with Gasteiger partial charge in [0.1, 0.15) is 0 Å². The Hall–Kier alpha value is 0.479. The van der Waals surface area contributed by atoms with Crippen LogP contribution in [0, 0.1) is 62.1 Å². The Morgan fingerprint density at radius 3 is 2.07 bits per heavy atom. The third kappa shape index (κ3) is 12.6. The first kappa shape index (κ1) is 27.5. The van der Waals surface area contributed by atoms with Crippen LogP contribution in [-0.4, -0.2) is 40.0 Å². The van der Waals surface area contributed by atoms with Crippen molar-refractivity contribution in [3.05, 3.63) is 85.4 Å². The van der Waals surface area contributed by atoms with E-state index >= 15 is 0 Å². The van der Waals surface area contributed by atoms with E-state index in [-0.39, 0.29) is 17.1 Å². The summed E-state index contributed by atoms with van der Waals surface area (Å²) >= 11 is 0.556. The van der Waals surface area contributed by atoms with Gasteiger partial charge in [-0.05, 0) is 32.1 Å². The van der Waals surface area contributed by atoms with Gasteiger partial charge in [-0.2, -0.15) is 0 Å². The van der Waals surface area contributed by atoms with Crippen LogP contribution in [0.25, 0.3) is 0 Å². The Morgan fingerprint density at radius 2 is 1.56 bits per heavy atom. The van der Waals surface area contributed by atoms with E-state index in [0.717, 1.165) is 0 Å². The summed E-state index contributed by atoms with van der Waals surface area (Å²) in [5, 5.41) is 1.21. The zero-order chi connectivity index (χ0) is 19.4. The monoisotopic (exact) mass is 473 g/mol. The minimum atomic E-state index is 0. The van der Waals surface area contributed by atoms with E-state index in [9.17, 15) is 0 Å². The fourth-order valence-electron chi connectivity index (χ4n) is 2.46. The molecule has 0 aromatic rings. The molecule has 2 fully saturated rings. The Bertz CT molecular complexity index is 414. The maximum absolute atomic E-state index is 2.44. The average Bonchev–Trinajstić information content (AvgIpc) is 3.28. The molecule has 2 saturated carbocycles. The van der Waals surface area contributed by atoms with Gasteiger partial charge in [0.2, 0.25) is 0 Å². The standard InChI is InChI=1S/C19H30NSe.C5H5.Fe/c1-15(2)9-7-10-16(3)13-14-21-19-12-8-11-18(19)17(4)20(5)6;1-2-4-5-3-1;/h8-9,11-13,17H,7,10,14H2,1-6H3;1-5H;/q;;+2/b16-13+;;/t17-;;/m0../s1. The Balaban J connectivity index is 0.000000969. The van der Waals surface area contributed by atoms with E-state index in [1.165, 1.54) is 35.2 Å². The third-order valence-corrected chi connectivity index (χ3v) is 6.48. The van der Waals surface area contributed by atoms with E-state index in [1.807, 2.05) is 32.1 Å². The molecule has 27 heavy (non-hydrogen) atoms. The predicted molar refractivity (Wildman–Crippen MR) is 117 cm³/mol. The molecule has 2 aliphatic rings. The molecule has 10 radical (unpaired) electrons. The third-order valence-electron chi connectivity index (χ3n) is 4.35. The topological polar surface area (TPSA) is 3.24 Å². The molecular formula is C24H35FeNSe+2. The van der Waals surface area contributed by atoms with Crippen LogP contribution in [0.3, 0.4) is 0 Å². The molecule has 0 spiro atoms. The van der Waals surface area contributed by atoms with E-state index in [0.29, 0.717) is 21.0 Å². The van der Waals surface area contributed by atoms with Crippen LogP contribution in [0.5, 0.6) is 0 Å². The molecule has 0 aromatic heterocycles. The van der Waals surface area contributed by atoms with Gasteiger partial charge in [-0.15, -0.1) is 0 Å². The predicted octanol–water partition coefficient (Wildman–Crippen LogP) is 5.50. The van der Waals surface area contributed by atoms with Gasteiger partial charge in [0, 0.05) is 0 Å². The fourth-order valence-corrected chi connectivity index (χ4v) is 4.82. The first-order chi connectivity index (χ1) is 12.4. The summed E-state index contributed by atoms with van der Waals surface area (Å²) in [5.74, 6) is 1.51. The molecule has 148 valence electrons. The SMILES string of the molecule is CC(C)=CCC/C(C)=C/C[Se][C]1[CH][CH][CH][C]1[C@H](C)N(C)C.[CH]1[CH][CH][CH][CH]1.[Fe+2]. The van der Waals surface area contributed by atoms with E-state index < -0.39 is 0 Å². The number of nitrogens with zero attached hydrogens (tertiary/aromatic N) is 1. The smallest absolute Gasteiger partial charge is 0.0312 e. The molecule has 0 N–H and O–H groups in total. The summed E-state index contributed by atoms with van der Waals surface area (Å²) in [4.78, 5) is 3.85. The van der Waals surface area contributed by atoms with Gasteiger partial charge in [-0.1, -0.05) is 0 Å². The maximum atomic E-state index is 2.44. The minimum Gasteiger partial charge on any atom is -0.0312 e. The molecule has 2 aliphatic carbocycles. The van der Waals surface area contributed by atoms with E-state index in [2.05, 4.69) is 78.1 Å². The van der Waals surface area contributed by atoms with Crippen LogP contribution in [0.2, 0.25) is 5.32 Å². The van der Waals surface area contributed by atoms with Gasteiger partial charge in [-0.3, -0.25) is 0 Å². The van der Waals surface area contributed by atoms with Crippen LogP contribution in [0.4, 0.5) is 0 Å². The second-order valence-corrected chi connectivity index (χ2v) is 9.36. The van der Waals surface area contributed by atoms with Crippen molar-refractivity contribution in [3.8, 4) is 0 Å². The summed E-state index contributed by atoms with van der Waals surface area (Å²) in [6, 6.07) is 0.514. The molecule has 1 nitrogen and oxygen atoms in total. The Labute approximate surface area is 187 Å². The normalized spacial score (nSPS) is 19.4. The van der Waals surface area contributed by atoms with Crippen molar-refractivity contribution in [1.82, 2.24) is 4.90 Å². The van der Waals surface area contributed by atoms with Crippen LogP contribution in [-0.2, 0) is 17.1 Å². The zero-order valence-electron chi connectivity index (χ0n) is 17.7. The van der Waals surface area contributed by atoms with E-state index in [1.54, 1.807) is 4.82 Å². The maximum Gasteiger partial charge on any atom is 2.00 e. The summed E-state index contributed by atoms with van der Waals surface area (Å²) in [5.41, 5.74) is 2.95. The van der Waals surface area contributed by atoms with Gasteiger partial charge in [-0.25, -0.2) is 0 Å². The molecule has 0 aromatic carbocycles. The van der Waals surface area contributed by atoms with Crippen LogP contribution in [0.15, 0.2) is 23.3 Å². The summed E-state index contributed by atoms with van der Waals surface area (Å²) in [6.45, 7) is 8.90. The molecule has 0 unspecified atom stereocenters. The van der Waals surface area contributed by atoms with Crippen molar-refractivity contribution >= 4 is 15.0 Å². The zero-order valence-corrected chi connectivity index (χ0v) is 20.5. The van der Waals surface area contributed by atoms with Crippen molar-refractivity contribution in [2.75, 3.05) is 14.1 Å². The van der Waals surface area contributed by atoms with Gasteiger partial charge >= 0.3 is 156 Å². The fraction of sp³-hybridized carbons (Fsp3) is 0.417. The van der Waals surface area contributed by atoms with Gasteiger partial charge in [0.15, 0.2) is 0 Å². The summed E-state index contributed by atoms with van der Waals surface area (Å²) in [7, 11) is 4.31. The van der Waals surface area contributed by atoms with Crippen LogP contribution in [0.1, 0.15) is 40.5 Å². The number of hydrogen-bond acceptors (Lipinski definition) is 1. The molecule has 0 aliphatic heterocycles. The molecule has 3 heteroatoms. The summed E-state index contributed by atoms with van der Waals surface area (Å²) < 4.78 is 0. The number of allylic oxidation sites excluding steroid dienone is 4. The average molecular weight is 472 g/mol.